The number of nitrogens with zero attached hydrogens (tertiary/aromatic N) is 2. The average molecular weight is 415 g/mol. The van der Waals surface area contributed by atoms with Gasteiger partial charge in [-0.2, -0.15) is 0 Å². The number of hydrogen-bond donors (Lipinski definition) is 1. The van der Waals surface area contributed by atoms with Crippen LogP contribution in [0.25, 0.3) is 0 Å². The fourth-order valence-electron chi connectivity index (χ4n) is 2.28. The molecule has 1 N–H and O–H groups in total. The Hall–Kier alpha value is -1.64. The normalized spacial score (nSPS) is 14.6. The largest absolute Gasteiger partial charge is 0.343 e. The van der Waals surface area contributed by atoms with Crippen LogP contribution in [0.1, 0.15) is 17.3 Å². The minimum atomic E-state index is -0.249. The molecule has 1 aromatic carbocycles. The van der Waals surface area contributed by atoms with E-state index in [-0.39, 0.29) is 24.3 Å². The molecule has 0 bridgehead atoms. The highest BCUT2D eigenvalue weighted by atomic mass is 127. The zero-order valence-corrected chi connectivity index (χ0v) is 14.5. The minimum absolute atomic E-state index is 0.0239. The molecule has 0 saturated carbocycles. The molecule has 0 atom stereocenters. The Morgan fingerprint density at radius 3 is 2.27 bits per heavy atom. The smallest absolute Gasteiger partial charge is 0.252 e. The topological polar surface area (TPSA) is 69.7 Å². The van der Waals surface area contributed by atoms with Gasteiger partial charge in [0.1, 0.15) is 0 Å². The van der Waals surface area contributed by atoms with E-state index in [2.05, 4.69) is 27.9 Å². The first-order chi connectivity index (χ1) is 10.5. The van der Waals surface area contributed by atoms with Crippen molar-refractivity contribution in [3.8, 4) is 0 Å². The number of rotatable bonds is 3. The van der Waals surface area contributed by atoms with Crippen LogP contribution in [0, 0.1) is 3.57 Å². The van der Waals surface area contributed by atoms with Crippen molar-refractivity contribution >= 4 is 40.3 Å². The zero-order valence-electron chi connectivity index (χ0n) is 12.3. The fourth-order valence-corrected chi connectivity index (χ4v) is 2.91. The van der Waals surface area contributed by atoms with Crippen LogP contribution in [0.15, 0.2) is 24.3 Å². The standard InChI is InChI=1S/C15H18IN3O3/c1-11(20)18-6-8-19(9-7-18)14(21)10-17-15(22)12-4-2-3-5-13(12)16/h2-5H,6-10H2,1H3,(H,17,22). The summed E-state index contributed by atoms with van der Waals surface area (Å²) in [5.74, 6) is -0.345. The Kier molecular flexibility index (Phi) is 5.76. The van der Waals surface area contributed by atoms with Crippen LogP contribution >= 0.6 is 22.6 Å². The van der Waals surface area contributed by atoms with Gasteiger partial charge >= 0.3 is 0 Å². The fraction of sp³-hybridized carbons (Fsp3) is 0.400. The van der Waals surface area contributed by atoms with Crippen LogP contribution in [0.2, 0.25) is 0 Å². The third-order valence-corrected chi connectivity index (χ3v) is 4.54. The summed E-state index contributed by atoms with van der Waals surface area (Å²) in [7, 11) is 0. The van der Waals surface area contributed by atoms with E-state index in [0.29, 0.717) is 31.7 Å². The predicted octanol–water partition coefficient (Wildman–Crippen LogP) is 0.712. The summed E-state index contributed by atoms with van der Waals surface area (Å²) >= 11 is 2.09. The lowest BCUT2D eigenvalue weighted by Gasteiger charge is -2.34. The van der Waals surface area contributed by atoms with Gasteiger partial charge in [-0.3, -0.25) is 14.4 Å². The molecule has 1 aromatic rings. The summed E-state index contributed by atoms with van der Waals surface area (Å²) in [5, 5.41) is 2.66. The number of hydrogen-bond acceptors (Lipinski definition) is 3. The van der Waals surface area contributed by atoms with Gasteiger partial charge in [0, 0.05) is 36.7 Å². The molecule has 2 rings (SSSR count). The lowest BCUT2D eigenvalue weighted by atomic mass is 10.2. The van der Waals surface area contributed by atoms with Crippen molar-refractivity contribution in [3.05, 3.63) is 33.4 Å². The Labute approximate surface area is 143 Å². The summed E-state index contributed by atoms with van der Waals surface area (Å²) in [6, 6.07) is 7.23. The van der Waals surface area contributed by atoms with Crippen molar-refractivity contribution in [2.45, 2.75) is 6.92 Å². The molecule has 6 nitrogen and oxygen atoms in total. The molecular weight excluding hydrogens is 397 g/mol. The van der Waals surface area contributed by atoms with E-state index in [1.807, 2.05) is 12.1 Å². The first-order valence-corrected chi connectivity index (χ1v) is 8.13. The first-order valence-electron chi connectivity index (χ1n) is 7.05. The monoisotopic (exact) mass is 415 g/mol. The van der Waals surface area contributed by atoms with Gasteiger partial charge in [-0.1, -0.05) is 12.1 Å². The lowest BCUT2D eigenvalue weighted by molar-refractivity contribution is -0.137. The average Bonchev–Trinajstić information content (AvgIpc) is 2.52. The van der Waals surface area contributed by atoms with Gasteiger partial charge in [-0.05, 0) is 34.7 Å². The maximum Gasteiger partial charge on any atom is 0.252 e. The molecule has 1 saturated heterocycles. The summed E-state index contributed by atoms with van der Waals surface area (Å²) in [5.41, 5.74) is 0.567. The molecule has 1 aliphatic heterocycles. The Morgan fingerprint density at radius 1 is 1.09 bits per heavy atom. The maximum atomic E-state index is 12.1. The van der Waals surface area contributed by atoms with E-state index < -0.39 is 0 Å². The molecule has 0 spiro atoms. The molecule has 1 aliphatic rings. The molecule has 7 heteroatoms. The van der Waals surface area contributed by atoms with E-state index in [9.17, 15) is 14.4 Å². The number of piperazine rings is 1. The molecule has 3 amide bonds. The Morgan fingerprint density at radius 2 is 1.68 bits per heavy atom. The van der Waals surface area contributed by atoms with Crippen molar-refractivity contribution in [2.24, 2.45) is 0 Å². The summed E-state index contributed by atoms with van der Waals surface area (Å²) < 4.78 is 0.847. The number of carbonyl (C=O) groups excluding carboxylic acids is 3. The summed E-state index contributed by atoms with van der Waals surface area (Å²) in [4.78, 5) is 38.8. The van der Waals surface area contributed by atoms with E-state index in [1.165, 1.54) is 6.92 Å². The SMILES string of the molecule is CC(=O)N1CCN(C(=O)CNC(=O)c2ccccc2I)CC1. The second-order valence-corrected chi connectivity index (χ2v) is 6.21. The van der Waals surface area contributed by atoms with Crippen LogP contribution in [-0.2, 0) is 9.59 Å². The second kappa shape index (κ2) is 7.57. The van der Waals surface area contributed by atoms with Crippen molar-refractivity contribution in [1.29, 1.82) is 0 Å². The highest BCUT2D eigenvalue weighted by Gasteiger charge is 2.22. The van der Waals surface area contributed by atoms with Crippen LogP contribution in [0.4, 0.5) is 0 Å². The van der Waals surface area contributed by atoms with Crippen LogP contribution < -0.4 is 5.32 Å². The van der Waals surface area contributed by atoms with Crippen LogP contribution in [-0.4, -0.2) is 60.2 Å². The third-order valence-electron chi connectivity index (χ3n) is 3.60. The molecule has 0 aromatic heterocycles. The highest BCUT2D eigenvalue weighted by molar-refractivity contribution is 14.1. The zero-order chi connectivity index (χ0) is 16.1. The highest BCUT2D eigenvalue weighted by Crippen LogP contribution is 2.11. The molecule has 0 unspecified atom stereocenters. The predicted molar refractivity (Wildman–Crippen MR) is 90.3 cm³/mol. The van der Waals surface area contributed by atoms with Gasteiger partial charge in [-0.15, -0.1) is 0 Å². The second-order valence-electron chi connectivity index (χ2n) is 5.05. The van der Waals surface area contributed by atoms with Crippen LogP contribution in [0.5, 0.6) is 0 Å². The molecule has 1 heterocycles. The van der Waals surface area contributed by atoms with E-state index in [0.717, 1.165) is 3.57 Å². The molecule has 22 heavy (non-hydrogen) atoms. The van der Waals surface area contributed by atoms with Gasteiger partial charge < -0.3 is 15.1 Å². The van der Waals surface area contributed by atoms with Gasteiger partial charge in [0.25, 0.3) is 5.91 Å². The summed E-state index contributed by atoms with van der Waals surface area (Å²) in [6.45, 7) is 3.62. The van der Waals surface area contributed by atoms with E-state index in [1.54, 1.807) is 21.9 Å². The lowest BCUT2D eigenvalue weighted by Crippen LogP contribution is -2.52. The number of carbonyl (C=O) groups is 3. The van der Waals surface area contributed by atoms with Gasteiger partial charge in [0.2, 0.25) is 11.8 Å². The van der Waals surface area contributed by atoms with Crippen molar-refractivity contribution in [3.63, 3.8) is 0 Å². The van der Waals surface area contributed by atoms with Crippen molar-refractivity contribution in [2.75, 3.05) is 32.7 Å². The van der Waals surface area contributed by atoms with Crippen LogP contribution in [0.3, 0.4) is 0 Å². The minimum Gasteiger partial charge on any atom is -0.343 e. The van der Waals surface area contributed by atoms with Gasteiger partial charge in [-0.25, -0.2) is 0 Å². The number of halogens is 1. The van der Waals surface area contributed by atoms with Gasteiger partial charge in [0.15, 0.2) is 0 Å². The first kappa shape index (κ1) is 16.7. The molecule has 118 valence electrons. The molecule has 1 fully saturated rings. The summed E-state index contributed by atoms with van der Waals surface area (Å²) in [6.07, 6.45) is 0. The third kappa shape index (κ3) is 4.19. The quantitative estimate of drug-likeness (QED) is 0.740. The Balaban J connectivity index is 1.82. The maximum absolute atomic E-state index is 12.1. The number of amides is 3. The molecular formula is C15H18IN3O3. The van der Waals surface area contributed by atoms with Gasteiger partial charge in [0.05, 0.1) is 12.1 Å². The number of benzene rings is 1. The van der Waals surface area contributed by atoms with E-state index >= 15 is 0 Å². The van der Waals surface area contributed by atoms with Crippen molar-refractivity contribution in [1.82, 2.24) is 15.1 Å². The molecule has 0 radical (unpaired) electrons. The van der Waals surface area contributed by atoms with E-state index in [4.69, 9.17) is 0 Å². The molecule has 0 aliphatic carbocycles. The number of nitrogens with one attached hydrogen (secondary N) is 1. The van der Waals surface area contributed by atoms with Crippen molar-refractivity contribution < 1.29 is 14.4 Å². The Bertz CT molecular complexity index is 583.